The maximum Gasteiger partial charge on any atom is 0.292 e. The van der Waals surface area contributed by atoms with Gasteiger partial charge in [0, 0.05) is 7.05 Å². The Kier molecular flexibility index (Phi) is 4.78. The molecule has 1 aromatic heterocycles. The summed E-state index contributed by atoms with van der Waals surface area (Å²) in [6.45, 7) is -0.397. The summed E-state index contributed by atoms with van der Waals surface area (Å²) >= 11 is 7.11. The molecule has 10 heteroatoms. The Morgan fingerprint density at radius 1 is 1.44 bits per heavy atom. The summed E-state index contributed by atoms with van der Waals surface area (Å²) in [7, 11) is 1.50. The molecule has 1 aromatic carbocycles. The highest BCUT2D eigenvalue weighted by Crippen LogP contribution is 2.30. The fraction of sp³-hybridized carbons (Fsp3) is 0.200. The van der Waals surface area contributed by atoms with E-state index in [0.29, 0.717) is 4.90 Å². The number of rotatable bonds is 3. The number of carbonyl (C=O) groups is 2. The zero-order valence-corrected chi connectivity index (χ0v) is 14.5. The van der Waals surface area contributed by atoms with Gasteiger partial charge in [0.05, 0.1) is 27.6 Å². The minimum atomic E-state index is -0.598. The van der Waals surface area contributed by atoms with Gasteiger partial charge in [-0.3, -0.25) is 14.4 Å². The van der Waals surface area contributed by atoms with E-state index >= 15 is 0 Å². The van der Waals surface area contributed by atoms with Crippen LogP contribution in [0.1, 0.15) is 0 Å². The summed E-state index contributed by atoms with van der Waals surface area (Å²) in [5.74, 6) is -1.13. The van der Waals surface area contributed by atoms with Crippen molar-refractivity contribution in [3.63, 3.8) is 0 Å². The lowest BCUT2D eigenvalue weighted by atomic mass is 10.3. The molecule has 0 spiro atoms. The molecule has 0 saturated carbocycles. The maximum atomic E-state index is 13.2. The average Bonchev–Trinajstić information content (AvgIpc) is 2.57. The third-order valence-corrected chi connectivity index (χ3v) is 4.87. The normalized spacial score (nSPS) is 13.6. The summed E-state index contributed by atoms with van der Waals surface area (Å²) in [5, 5.41) is 6.55. The van der Waals surface area contributed by atoms with Crippen LogP contribution < -0.4 is 15.8 Å². The minimum Gasteiger partial charge on any atom is -0.323 e. The smallest absolute Gasteiger partial charge is 0.292 e. The standard InChI is InChI=1S/C15H12ClFN4O3S/c1-20-13(23)7-25-11-5-18-21(15(24)14(11)20)6-12(22)19-10-4-8(17)2-3-9(10)16/h2-5H,6-7H2,1H3,(H,19,22). The highest BCUT2D eigenvalue weighted by Gasteiger charge is 2.26. The van der Waals surface area contributed by atoms with Gasteiger partial charge in [0.1, 0.15) is 18.0 Å². The van der Waals surface area contributed by atoms with Crippen LogP contribution in [0.5, 0.6) is 0 Å². The van der Waals surface area contributed by atoms with E-state index in [1.165, 1.54) is 36.0 Å². The van der Waals surface area contributed by atoms with Crippen molar-refractivity contribution in [2.24, 2.45) is 0 Å². The Balaban J connectivity index is 1.84. The van der Waals surface area contributed by atoms with Crippen LogP contribution in [0.3, 0.4) is 0 Å². The number of hydrogen-bond donors (Lipinski definition) is 1. The number of anilines is 2. The van der Waals surface area contributed by atoms with E-state index in [0.717, 1.165) is 16.8 Å². The molecule has 2 heterocycles. The van der Waals surface area contributed by atoms with Crippen molar-refractivity contribution < 1.29 is 14.0 Å². The predicted molar refractivity (Wildman–Crippen MR) is 92.7 cm³/mol. The van der Waals surface area contributed by atoms with Gasteiger partial charge in [-0.15, -0.1) is 11.8 Å². The number of amides is 2. The molecular weight excluding hydrogens is 371 g/mol. The first-order valence-corrected chi connectivity index (χ1v) is 8.47. The van der Waals surface area contributed by atoms with Gasteiger partial charge < -0.3 is 10.2 Å². The molecule has 1 aliphatic heterocycles. The molecule has 0 saturated heterocycles. The van der Waals surface area contributed by atoms with Crippen molar-refractivity contribution in [1.82, 2.24) is 9.78 Å². The van der Waals surface area contributed by atoms with E-state index in [-0.39, 0.29) is 28.1 Å². The lowest BCUT2D eigenvalue weighted by Crippen LogP contribution is -2.40. The molecule has 0 bridgehead atoms. The number of hydrogen-bond acceptors (Lipinski definition) is 5. The maximum absolute atomic E-state index is 13.2. The lowest BCUT2D eigenvalue weighted by Gasteiger charge is -2.24. The Hall–Kier alpha value is -2.39. The minimum absolute atomic E-state index is 0.0977. The zero-order valence-electron chi connectivity index (χ0n) is 13.0. The molecule has 7 nitrogen and oxygen atoms in total. The summed E-state index contributed by atoms with van der Waals surface area (Å²) < 4.78 is 14.2. The van der Waals surface area contributed by atoms with E-state index in [4.69, 9.17) is 11.6 Å². The number of halogens is 2. The quantitative estimate of drug-likeness (QED) is 0.874. The van der Waals surface area contributed by atoms with Crippen molar-refractivity contribution in [3.8, 4) is 0 Å². The molecule has 1 N–H and O–H groups in total. The van der Waals surface area contributed by atoms with Gasteiger partial charge in [-0.2, -0.15) is 5.10 Å². The molecule has 2 amide bonds. The van der Waals surface area contributed by atoms with Crippen LogP contribution in [0.15, 0.2) is 34.1 Å². The Morgan fingerprint density at radius 2 is 2.20 bits per heavy atom. The van der Waals surface area contributed by atoms with E-state index in [1.54, 1.807) is 0 Å². The van der Waals surface area contributed by atoms with Crippen molar-refractivity contribution >= 4 is 46.6 Å². The second-order valence-electron chi connectivity index (χ2n) is 5.23. The number of fused-ring (bicyclic) bond motifs is 1. The van der Waals surface area contributed by atoms with Gasteiger partial charge in [-0.05, 0) is 18.2 Å². The Labute approximate surface area is 150 Å². The summed E-state index contributed by atoms with van der Waals surface area (Å²) in [5.41, 5.74) is -0.269. The third-order valence-electron chi connectivity index (χ3n) is 3.54. The zero-order chi connectivity index (χ0) is 18.1. The van der Waals surface area contributed by atoms with E-state index < -0.39 is 23.8 Å². The van der Waals surface area contributed by atoms with E-state index in [9.17, 15) is 18.8 Å². The Bertz CT molecular complexity index is 933. The topological polar surface area (TPSA) is 84.3 Å². The van der Waals surface area contributed by atoms with E-state index in [1.807, 2.05) is 0 Å². The second kappa shape index (κ2) is 6.85. The number of carbonyl (C=O) groups excluding carboxylic acids is 2. The van der Waals surface area contributed by atoms with Crippen LogP contribution in [0, 0.1) is 5.82 Å². The van der Waals surface area contributed by atoms with Gasteiger partial charge in [-0.1, -0.05) is 11.6 Å². The van der Waals surface area contributed by atoms with Gasteiger partial charge in [0.15, 0.2) is 0 Å². The molecule has 0 radical (unpaired) electrons. The molecule has 25 heavy (non-hydrogen) atoms. The first-order chi connectivity index (χ1) is 11.9. The number of aromatic nitrogens is 2. The highest BCUT2D eigenvalue weighted by molar-refractivity contribution is 8.00. The first kappa shape index (κ1) is 17.4. The predicted octanol–water partition coefficient (Wildman–Crippen LogP) is 1.74. The summed E-state index contributed by atoms with van der Waals surface area (Å²) in [6.07, 6.45) is 1.44. The van der Waals surface area contributed by atoms with Crippen LogP contribution in [-0.2, 0) is 16.1 Å². The van der Waals surface area contributed by atoms with Crippen molar-refractivity contribution in [2.45, 2.75) is 11.4 Å². The fourth-order valence-corrected chi connectivity index (χ4v) is 3.39. The van der Waals surface area contributed by atoms with Crippen LogP contribution in [-0.4, -0.2) is 34.4 Å². The number of benzene rings is 1. The molecule has 0 atom stereocenters. The van der Waals surface area contributed by atoms with E-state index in [2.05, 4.69) is 10.4 Å². The highest BCUT2D eigenvalue weighted by atomic mass is 35.5. The summed E-state index contributed by atoms with van der Waals surface area (Å²) in [6, 6.07) is 3.55. The Morgan fingerprint density at radius 3 is 2.96 bits per heavy atom. The van der Waals surface area contributed by atoms with Gasteiger partial charge in [0.2, 0.25) is 11.8 Å². The number of nitrogens with zero attached hydrogens (tertiary/aromatic N) is 3. The van der Waals surface area contributed by atoms with Gasteiger partial charge in [0.25, 0.3) is 5.56 Å². The molecular formula is C15H12ClFN4O3S. The molecule has 130 valence electrons. The van der Waals surface area contributed by atoms with Gasteiger partial charge in [-0.25, -0.2) is 9.07 Å². The second-order valence-corrected chi connectivity index (χ2v) is 6.66. The molecule has 0 unspecified atom stereocenters. The number of nitrogens with one attached hydrogen (secondary N) is 1. The molecule has 0 fully saturated rings. The SMILES string of the molecule is CN1C(=O)CSc2cnn(CC(=O)Nc3cc(F)ccc3Cl)c(=O)c21. The van der Waals surface area contributed by atoms with Gasteiger partial charge >= 0.3 is 0 Å². The van der Waals surface area contributed by atoms with Crippen molar-refractivity contribution in [2.75, 3.05) is 23.0 Å². The van der Waals surface area contributed by atoms with Crippen LogP contribution >= 0.6 is 23.4 Å². The number of thioether (sulfide) groups is 1. The summed E-state index contributed by atoms with van der Waals surface area (Å²) in [4.78, 5) is 38.2. The molecule has 1 aliphatic rings. The first-order valence-electron chi connectivity index (χ1n) is 7.11. The largest absolute Gasteiger partial charge is 0.323 e. The third kappa shape index (κ3) is 3.52. The van der Waals surface area contributed by atoms with Crippen molar-refractivity contribution in [1.29, 1.82) is 0 Å². The monoisotopic (exact) mass is 382 g/mol. The molecule has 3 rings (SSSR count). The fourth-order valence-electron chi connectivity index (χ4n) is 2.27. The average molecular weight is 383 g/mol. The van der Waals surface area contributed by atoms with Crippen LogP contribution in [0.4, 0.5) is 15.8 Å². The van der Waals surface area contributed by atoms with Crippen molar-refractivity contribution in [3.05, 3.63) is 45.6 Å². The molecule has 2 aromatic rings. The lowest BCUT2D eigenvalue weighted by molar-refractivity contribution is -0.117. The van der Waals surface area contributed by atoms with Crippen LogP contribution in [0.25, 0.3) is 0 Å². The molecule has 0 aliphatic carbocycles. The van der Waals surface area contributed by atoms with Crippen LogP contribution in [0.2, 0.25) is 5.02 Å².